The molecule has 2 atom stereocenters. The third kappa shape index (κ3) is 3.59. The van der Waals surface area contributed by atoms with E-state index in [0.29, 0.717) is 23.6 Å². The summed E-state index contributed by atoms with van der Waals surface area (Å²) in [5, 5.41) is 14.2. The zero-order valence-corrected chi connectivity index (χ0v) is 11.4. The minimum Gasteiger partial charge on any atom is -0.398 e. The van der Waals surface area contributed by atoms with Crippen LogP contribution in [-0.4, -0.2) is 11.0 Å². The minimum atomic E-state index is -0.409. The minimum absolute atomic E-state index is 0.0411. The molecule has 1 fully saturated rings. The van der Waals surface area contributed by atoms with E-state index in [1.54, 1.807) is 12.1 Å². The molecule has 104 valence electrons. The summed E-state index contributed by atoms with van der Waals surface area (Å²) in [7, 11) is 0. The van der Waals surface area contributed by atoms with Crippen LogP contribution in [0.5, 0.6) is 0 Å². The average Bonchev–Trinajstić information content (AvgIpc) is 2.26. The van der Waals surface area contributed by atoms with Gasteiger partial charge in [-0.3, -0.25) is 10.1 Å². The summed E-state index contributed by atoms with van der Waals surface area (Å²) in [6.45, 7) is 4.51. The van der Waals surface area contributed by atoms with E-state index in [1.807, 2.05) is 0 Å². The molecule has 0 spiro atoms. The Bertz CT molecular complexity index is 466. The predicted octanol–water partition coefficient (Wildman–Crippen LogP) is 3.41. The molecular formula is C14H21N3O2. The van der Waals surface area contributed by atoms with Crippen LogP contribution in [0.3, 0.4) is 0 Å². The van der Waals surface area contributed by atoms with E-state index >= 15 is 0 Å². The first-order valence-electron chi connectivity index (χ1n) is 6.75. The fourth-order valence-electron chi connectivity index (χ4n) is 3.12. The van der Waals surface area contributed by atoms with Gasteiger partial charge in [-0.15, -0.1) is 0 Å². The highest BCUT2D eigenvalue weighted by atomic mass is 16.6. The number of hydrogen-bond donors (Lipinski definition) is 2. The Morgan fingerprint density at radius 3 is 2.42 bits per heavy atom. The molecule has 2 rings (SSSR count). The molecular weight excluding hydrogens is 242 g/mol. The molecule has 0 heterocycles. The average molecular weight is 263 g/mol. The van der Waals surface area contributed by atoms with E-state index in [9.17, 15) is 10.1 Å². The molecule has 0 aliphatic heterocycles. The van der Waals surface area contributed by atoms with E-state index in [-0.39, 0.29) is 5.69 Å². The van der Waals surface area contributed by atoms with E-state index < -0.39 is 4.92 Å². The normalized spacial score (nSPS) is 26.9. The number of nitrogens with one attached hydrogen (secondary N) is 1. The zero-order valence-electron chi connectivity index (χ0n) is 11.4. The van der Waals surface area contributed by atoms with E-state index in [0.717, 1.165) is 18.5 Å². The van der Waals surface area contributed by atoms with Crippen molar-refractivity contribution >= 4 is 17.1 Å². The molecule has 1 aliphatic rings. The van der Waals surface area contributed by atoms with E-state index in [1.165, 1.54) is 12.5 Å². The lowest BCUT2D eigenvalue weighted by Gasteiger charge is -2.32. The molecule has 0 radical (unpaired) electrons. The Morgan fingerprint density at radius 2 is 1.84 bits per heavy atom. The van der Waals surface area contributed by atoms with Gasteiger partial charge in [0.2, 0.25) is 0 Å². The fraction of sp³-hybridized carbons (Fsp3) is 0.571. The van der Waals surface area contributed by atoms with E-state index in [2.05, 4.69) is 19.2 Å². The Balaban J connectivity index is 2.12. The predicted molar refractivity (Wildman–Crippen MR) is 77.1 cm³/mol. The first-order valence-corrected chi connectivity index (χ1v) is 6.75. The van der Waals surface area contributed by atoms with Crippen molar-refractivity contribution < 1.29 is 4.92 Å². The van der Waals surface area contributed by atoms with Crippen molar-refractivity contribution in [1.29, 1.82) is 0 Å². The molecule has 19 heavy (non-hydrogen) atoms. The monoisotopic (exact) mass is 263 g/mol. The van der Waals surface area contributed by atoms with Gasteiger partial charge in [-0.1, -0.05) is 13.8 Å². The number of nitrogen functional groups attached to an aromatic ring is 1. The third-order valence-electron chi connectivity index (χ3n) is 3.70. The van der Waals surface area contributed by atoms with Gasteiger partial charge in [0.25, 0.3) is 5.69 Å². The summed E-state index contributed by atoms with van der Waals surface area (Å²) in [5.74, 6) is 1.38. The zero-order chi connectivity index (χ0) is 14.0. The molecule has 1 aromatic rings. The summed E-state index contributed by atoms with van der Waals surface area (Å²) >= 11 is 0. The van der Waals surface area contributed by atoms with Crippen LogP contribution in [0.2, 0.25) is 0 Å². The number of nitrogens with two attached hydrogens (primary N) is 1. The first kappa shape index (κ1) is 13.6. The number of benzene rings is 1. The summed E-state index contributed by atoms with van der Waals surface area (Å²) in [6, 6.07) is 5.08. The van der Waals surface area contributed by atoms with Gasteiger partial charge in [-0.05, 0) is 37.2 Å². The standard InChI is InChI=1S/C14H21N3O2/c1-9-3-10(2)5-12(4-9)16-13-6-11(15)7-14(8-13)17(18)19/h6-10,12,16H,3-5,15H2,1-2H3. The van der Waals surface area contributed by atoms with Crippen LogP contribution in [-0.2, 0) is 0 Å². The van der Waals surface area contributed by atoms with Crippen molar-refractivity contribution in [2.45, 2.75) is 39.2 Å². The number of nitro groups is 1. The van der Waals surface area contributed by atoms with Crippen molar-refractivity contribution in [3.63, 3.8) is 0 Å². The first-order chi connectivity index (χ1) is 8.94. The van der Waals surface area contributed by atoms with Crippen LogP contribution in [0.15, 0.2) is 18.2 Å². The Morgan fingerprint density at radius 1 is 1.21 bits per heavy atom. The second kappa shape index (κ2) is 5.47. The second-order valence-corrected chi connectivity index (χ2v) is 5.83. The molecule has 3 N–H and O–H groups in total. The molecule has 0 aromatic heterocycles. The molecule has 1 aliphatic carbocycles. The van der Waals surface area contributed by atoms with Crippen LogP contribution < -0.4 is 11.1 Å². The van der Waals surface area contributed by atoms with Crippen molar-refractivity contribution in [2.75, 3.05) is 11.1 Å². The molecule has 0 bridgehead atoms. The van der Waals surface area contributed by atoms with Gasteiger partial charge < -0.3 is 11.1 Å². The highest BCUT2D eigenvalue weighted by Gasteiger charge is 2.24. The molecule has 1 saturated carbocycles. The maximum Gasteiger partial charge on any atom is 0.273 e. The second-order valence-electron chi connectivity index (χ2n) is 5.83. The van der Waals surface area contributed by atoms with Crippen LogP contribution in [0.1, 0.15) is 33.1 Å². The molecule has 2 unspecified atom stereocenters. The Hall–Kier alpha value is -1.78. The van der Waals surface area contributed by atoms with Crippen LogP contribution in [0.4, 0.5) is 17.1 Å². The number of non-ortho nitro benzene ring substituents is 1. The van der Waals surface area contributed by atoms with Gasteiger partial charge in [-0.25, -0.2) is 0 Å². The highest BCUT2D eigenvalue weighted by molar-refractivity contribution is 5.61. The van der Waals surface area contributed by atoms with Gasteiger partial charge in [0.1, 0.15) is 0 Å². The summed E-state index contributed by atoms with van der Waals surface area (Å²) in [5.41, 5.74) is 6.93. The van der Waals surface area contributed by atoms with Gasteiger partial charge >= 0.3 is 0 Å². The van der Waals surface area contributed by atoms with Gasteiger partial charge in [-0.2, -0.15) is 0 Å². The van der Waals surface area contributed by atoms with Crippen molar-refractivity contribution in [2.24, 2.45) is 11.8 Å². The summed E-state index contributed by atoms with van der Waals surface area (Å²) in [4.78, 5) is 10.4. The van der Waals surface area contributed by atoms with Crippen molar-refractivity contribution in [3.8, 4) is 0 Å². The quantitative estimate of drug-likeness (QED) is 0.497. The maximum atomic E-state index is 10.8. The molecule has 5 nitrogen and oxygen atoms in total. The van der Waals surface area contributed by atoms with Gasteiger partial charge in [0.05, 0.1) is 4.92 Å². The number of anilines is 2. The molecule has 0 saturated heterocycles. The molecule has 5 heteroatoms. The third-order valence-corrected chi connectivity index (χ3v) is 3.70. The smallest absolute Gasteiger partial charge is 0.273 e. The van der Waals surface area contributed by atoms with Gasteiger partial charge in [0.15, 0.2) is 0 Å². The van der Waals surface area contributed by atoms with Crippen LogP contribution in [0, 0.1) is 22.0 Å². The summed E-state index contributed by atoms with van der Waals surface area (Å²) in [6.07, 6.45) is 3.47. The maximum absolute atomic E-state index is 10.8. The Labute approximate surface area is 113 Å². The molecule has 1 aromatic carbocycles. The highest BCUT2D eigenvalue weighted by Crippen LogP contribution is 2.31. The topological polar surface area (TPSA) is 81.2 Å². The van der Waals surface area contributed by atoms with Gasteiger partial charge in [0, 0.05) is 29.5 Å². The van der Waals surface area contributed by atoms with E-state index in [4.69, 9.17) is 5.73 Å². The Kier molecular flexibility index (Phi) is 3.93. The van der Waals surface area contributed by atoms with Crippen molar-refractivity contribution in [3.05, 3.63) is 28.3 Å². The fourth-order valence-corrected chi connectivity index (χ4v) is 3.12. The van der Waals surface area contributed by atoms with Crippen LogP contribution >= 0.6 is 0 Å². The number of nitro benzene ring substituents is 1. The molecule has 0 amide bonds. The number of nitrogens with zero attached hydrogens (tertiary/aromatic N) is 1. The number of hydrogen-bond acceptors (Lipinski definition) is 4. The lowest BCUT2D eigenvalue weighted by Crippen LogP contribution is -2.30. The van der Waals surface area contributed by atoms with Crippen molar-refractivity contribution in [1.82, 2.24) is 0 Å². The largest absolute Gasteiger partial charge is 0.398 e. The number of rotatable bonds is 3. The summed E-state index contributed by atoms with van der Waals surface area (Å²) < 4.78 is 0. The SMILES string of the molecule is CC1CC(C)CC(Nc2cc(N)cc([N+](=O)[O-])c2)C1. The lowest BCUT2D eigenvalue weighted by molar-refractivity contribution is -0.384. The lowest BCUT2D eigenvalue weighted by atomic mass is 9.80. The van der Waals surface area contributed by atoms with Crippen LogP contribution in [0.25, 0.3) is 0 Å².